The summed E-state index contributed by atoms with van der Waals surface area (Å²) in [5.74, 6) is -1.43. The van der Waals surface area contributed by atoms with Gasteiger partial charge in [0, 0.05) is 25.7 Å². The summed E-state index contributed by atoms with van der Waals surface area (Å²) in [6.07, 6.45) is 3.06. The van der Waals surface area contributed by atoms with E-state index in [-0.39, 0.29) is 29.7 Å². The van der Waals surface area contributed by atoms with Gasteiger partial charge in [-0.2, -0.15) is 8.78 Å². The lowest BCUT2D eigenvalue weighted by Crippen LogP contribution is -2.46. The molecule has 1 aromatic carbocycles. The van der Waals surface area contributed by atoms with Crippen LogP contribution in [0.15, 0.2) is 30.5 Å². The molecule has 0 unspecified atom stereocenters. The molecule has 11 heteroatoms. The van der Waals surface area contributed by atoms with Gasteiger partial charge in [0.15, 0.2) is 5.82 Å². The molecule has 1 atom stereocenters. The number of ether oxygens (including phenoxy) is 1. The molecule has 0 radical (unpaired) electrons. The molecule has 3 amide bonds. The first kappa shape index (κ1) is 23.2. The van der Waals surface area contributed by atoms with Gasteiger partial charge in [-0.15, -0.1) is 0 Å². The highest BCUT2D eigenvalue weighted by molar-refractivity contribution is 5.98. The highest BCUT2D eigenvalue weighted by Gasteiger charge is 2.30. The van der Waals surface area contributed by atoms with Crippen molar-refractivity contribution in [3.63, 3.8) is 0 Å². The van der Waals surface area contributed by atoms with E-state index < -0.39 is 24.5 Å². The van der Waals surface area contributed by atoms with E-state index in [1.54, 1.807) is 11.0 Å². The fraction of sp³-hybridized carbons (Fsp3) is 0.429. The van der Waals surface area contributed by atoms with Crippen molar-refractivity contribution in [3.05, 3.63) is 47.5 Å². The van der Waals surface area contributed by atoms with Crippen LogP contribution in [0.5, 0.6) is 5.75 Å². The summed E-state index contributed by atoms with van der Waals surface area (Å²) < 4.78 is 30.1. The highest BCUT2D eigenvalue weighted by atomic mass is 19.3. The Morgan fingerprint density at radius 1 is 1.25 bits per heavy atom. The van der Waals surface area contributed by atoms with Gasteiger partial charge in [0.1, 0.15) is 17.5 Å². The molecule has 0 aliphatic carbocycles. The summed E-state index contributed by atoms with van der Waals surface area (Å²) in [6, 6.07) is 5.10. The molecule has 1 aliphatic heterocycles. The smallest absolute Gasteiger partial charge is 0.387 e. The van der Waals surface area contributed by atoms with Crippen LogP contribution in [0.2, 0.25) is 0 Å². The number of hydrogen-bond acceptors (Lipinski definition) is 5. The number of imidazole rings is 1. The Morgan fingerprint density at radius 2 is 1.94 bits per heavy atom. The number of rotatable bonds is 8. The molecule has 1 aromatic heterocycles. The minimum absolute atomic E-state index is 0.00978. The van der Waals surface area contributed by atoms with Crippen LogP contribution in [0.1, 0.15) is 46.4 Å². The maximum absolute atomic E-state index is 13.3. The van der Waals surface area contributed by atoms with Gasteiger partial charge < -0.3 is 24.8 Å². The van der Waals surface area contributed by atoms with E-state index in [9.17, 15) is 23.2 Å². The molecule has 2 N–H and O–H groups in total. The number of benzene rings is 1. The second kappa shape index (κ2) is 10.2. The Bertz CT molecular complexity index is 975. The SMILES string of the molecule is CNC(=O)[C@H](C)N(Cc1ccccc1OC(F)F)C(=O)c1cnc(C(=O)N2CCCC2)[nH]1. The first-order valence-corrected chi connectivity index (χ1v) is 10.2. The van der Waals surface area contributed by atoms with E-state index in [0.717, 1.165) is 12.8 Å². The number of likely N-dealkylation sites (N-methyl/N-ethyl adjacent to an activating group) is 1. The first-order valence-electron chi connectivity index (χ1n) is 10.2. The van der Waals surface area contributed by atoms with Gasteiger partial charge in [-0.05, 0) is 25.8 Å². The summed E-state index contributed by atoms with van der Waals surface area (Å²) in [6.45, 7) is -0.443. The third kappa shape index (κ3) is 5.21. The number of carbonyl (C=O) groups is 3. The van der Waals surface area contributed by atoms with Crippen molar-refractivity contribution in [1.29, 1.82) is 0 Å². The minimum atomic E-state index is -3.04. The molecule has 3 rings (SSSR count). The average molecular weight is 449 g/mol. The van der Waals surface area contributed by atoms with Crippen molar-refractivity contribution in [2.75, 3.05) is 20.1 Å². The average Bonchev–Trinajstić information content (AvgIpc) is 3.49. The van der Waals surface area contributed by atoms with E-state index in [0.29, 0.717) is 18.7 Å². The summed E-state index contributed by atoms with van der Waals surface area (Å²) in [5.41, 5.74) is 0.306. The fourth-order valence-electron chi connectivity index (χ4n) is 3.53. The third-order valence-corrected chi connectivity index (χ3v) is 5.29. The zero-order valence-electron chi connectivity index (χ0n) is 17.8. The number of hydrogen-bond donors (Lipinski definition) is 2. The van der Waals surface area contributed by atoms with E-state index in [4.69, 9.17) is 0 Å². The summed E-state index contributed by atoms with van der Waals surface area (Å²) in [5, 5.41) is 2.47. The number of H-pyrrole nitrogens is 1. The van der Waals surface area contributed by atoms with Crippen LogP contribution in [0.3, 0.4) is 0 Å². The number of carbonyl (C=O) groups excluding carboxylic acids is 3. The largest absolute Gasteiger partial charge is 0.434 e. The van der Waals surface area contributed by atoms with Crippen molar-refractivity contribution in [1.82, 2.24) is 25.1 Å². The Morgan fingerprint density at radius 3 is 2.59 bits per heavy atom. The summed E-state index contributed by atoms with van der Waals surface area (Å²) >= 11 is 0. The summed E-state index contributed by atoms with van der Waals surface area (Å²) in [4.78, 5) is 47.7. The van der Waals surface area contributed by atoms with Gasteiger partial charge in [-0.3, -0.25) is 14.4 Å². The van der Waals surface area contributed by atoms with E-state index in [1.165, 1.54) is 43.3 Å². The Kier molecular flexibility index (Phi) is 7.39. The Labute approximate surface area is 183 Å². The molecule has 9 nitrogen and oxygen atoms in total. The molecule has 1 aliphatic rings. The zero-order valence-corrected chi connectivity index (χ0v) is 17.8. The summed E-state index contributed by atoms with van der Waals surface area (Å²) in [7, 11) is 1.43. The molecule has 0 bridgehead atoms. The molecule has 0 spiro atoms. The van der Waals surface area contributed by atoms with Crippen molar-refractivity contribution in [2.24, 2.45) is 0 Å². The Hall–Kier alpha value is -3.50. The van der Waals surface area contributed by atoms with Crippen molar-refractivity contribution in [3.8, 4) is 5.75 Å². The fourth-order valence-corrected chi connectivity index (χ4v) is 3.53. The van der Waals surface area contributed by atoms with Crippen LogP contribution < -0.4 is 10.1 Å². The van der Waals surface area contributed by atoms with Gasteiger partial charge in [0.05, 0.1) is 12.7 Å². The molecule has 2 aromatic rings. The maximum atomic E-state index is 13.3. The standard InChI is InChI=1S/C21H25F2N5O4/c1-13(18(29)24-2)28(12-14-7-3-4-8-16(14)32-21(22)23)19(30)15-11-25-17(26-15)20(31)27-9-5-6-10-27/h3-4,7-8,11,13,21H,5-6,9-10,12H2,1-2H3,(H,24,29)(H,25,26)/t13-/m0/s1. The van der Waals surface area contributed by atoms with Crippen LogP contribution in [-0.2, 0) is 11.3 Å². The monoisotopic (exact) mass is 449 g/mol. The van der Waals surface area contributed by atoms with Gasteiger partial charge in [-0.1, -0.05) is 18.2 Å². The van der Waals surface area contributed by atoms with Gasteiger partial charge in [0.2, 0.25) is 5.91 Å². The minimum Gasteiger partial charge on any atom is -0.434 e. The van der Waals surface area contributed by atoms with Crippen molar-refractivity contribution < 1.29 is 27.9 Å². The first-order chi connectivity index (χ1) is 15.3. The number of alkyl halides is 2. The number of halogens is 2. The van der Waals surface area contributed by atoms with Crippen LogP contribution in [0, 0.1) is 0 Å². The van der Waals surface area contributed by atoms with Crippen LogP contribution in [0.4, 0.5) is 8.78 Å². The van der Waals surface area contributed by atoms with Crippen molar-refractivity contribution >= 4 is 17.7 Å². The second-order valence-electron chi connectivity index (χ2n) is 7.35. The van der Waals surface area contributed by atoms with Crippen molar-refractivity contribution in [2.45, 2.75) is 39.0 Å². The van der Waals surface area contributed by atoms with Gasteiger partial charge in [-0.25, -0.2) is 4.98 Å². The molecule has 1 fully saturated rings. The molecule has 2 heterocycles. The number of aromatic amines is 1. The van der Waals surface area contributed by atoms with Crippen LogP contribution in [0.25, 0.3) is 0 Å². The predicted octanol–water partition coefficient (Wildman–Crippen LogP) is 2.02. The molecule has 1 saturated heterocycles. The maximum Gasteiger partial charge on any atom is 0.387 e. The van der Waals surface area contributed by atoms with Gasteiger partial charge >= 0.3 is 6.61 Å². The number of para-hydroxylation sites is 1. The van der Waals surface area contributed by atoms with Crippen LogP contribution >= 0.6 is 0 Å². The quantitative estimate of drug-likeness (QED) is 0.641. The molecule has 32 heavy (non-hydrogen) atoms. The Balaban J connectivity index is 1.87. The van der Waals surface area contributed by atoms with E-state index in [2.05, 4.69) is 20.0 Å². The van der Waals surface area contributed by atoms with E-state index in [1.807, 2.05) is 0 Å². The van der Waals surface area contributed by atoms with E-state index >= 15 is 0 Å². The normalized spacial score (nSPS) is 14.3. The lowest BCUT2D eigenvalue weighted by Gasteiger charge is -2.28. The number of likely N-dealkylation sites (tertiary alicyclic amines) is 1. The molecular weight excluding hydrogens is 424 g/mol. The lowest BCUT2D eigenvalue weighted by atomic mass is 10.1. The highest BCUT2D eigenvalue weighted by Crippen LogP contribution is 2.24. The number of aromatic nitrogens is 2. The predicted molar refractivity (Wildman–Crippen MR) is 110 cm³/mol. The molecular formula is C21H25F2N5O4. The topological polar surface area (TPSA) is 108 Å². The third-order valence-electron chi connectivity index (χ3n) is 5.29. The van der Waals surface area contributed by atoms with Gasteiger partial charge in [0.25, 0.3) is 11.8 Å². The molecule has 172 valence electrons. The number of nitrogens with one attached hydrogen (secondary N) is 2. The molecule has 0 saturated carbocycles. The second-order valence-corrected chi connectivity index (χ2v) is 7.35. The lowest BCUT2D eigenvalue weighted by molar-refractivity contribution is -0.124. The van der Waals surface area contributed by atoms with Crippen LogP contribution in [-0.4, -0.2) is 70.3 Å². The number of amides is 3. The number of nitrogens with zero attached hydrogens (tertiary/aromatic N) is 3. The zero-order chi connectivity index (χ0) is 23.3.